The normalized spacial score (nSPS) is 21.7. The van der Waals surface area contributed by atoms with E-state index >= 15 is 0 Å². The zero-order valence-electron chi connectivity index (χ0n) is 18.4. The zero-order valence-corrected chi connectivity index (χ0v) is 19.2. The first-order valence-electron chi connectivity index (χ1n) is 11.3. The molecule has 8 nitrogen and oxygen atoms in total. The van der Waals surface area contributed by atoms with E-state index in [1.165, 1.54) is 10.7 Å². The molecule has 0 unspecified atom stereocenters. The second kappa shape index (κ2) is 10.2. The smallest absolute Gasteiger partial charge is 0.282 e. The van der Waals surface area contributed by atoms with Crippen molar-refractivity contribution in [3.63, 3.8) is 0 Å². The minimum absolute atomic E-state index is 0.169. The van der Waals surface area contributed by atoms with Crippen LogP contribution in [0.25, 0.3) is 0 Å². The van der Waals surface area contributed by atoms with Crippen LogP contribution in [0.5, 0.6) is 0 Å². The maximum absolute atomic E-state index is 13.3. The first-order valence-corrected chi connectivity index (χ1v) is 12.7. The molecule has 9 heteroatoms. The molecule has 1 aromatic heterocycles. The number of piperidine rings is 1. The van der Waals surface area contributed by atoms with Crippen LogP contribution in [0.4, 0.5) is 0 Å². The summed E-state index contributed by atoms with van der Waals surface area (Å²) in [6.07, 6.45) is 9.37. The Kier molecular flexibility index (Phi) is 7.81. The zero-order chi connectivity index (χ0) is 21.7. The van der Waals surface area contributed by atoms with Crippen LogP contribution in [0.3, 0.4) is 0 Å². The van der Waals surface area contributed by atoms with Gasteiger partial charge in [0.25, 0.3) is 16.1 Å². The third-order valence-corrected chi connectivity index (χ3v) is 8.42. The summed E-state index contributed by atoms with van der Waals surface area (Å²) in [5, 5.41) is 3.14. The minimum Gasteiger partial charge on any atom is -0.349 e. The Morgan fingerprint density at radius 3 is 2.47 bits per heavy atom. The van der Waals surface area contributed by atoms with Gasteiger partial charge in [-0.1, -0.05) is 39.5 Å². The molecule has 0 aromatic carbocycles. The molecule has 30 heavy (non-hydrogen) atoms. The van der Waals surface area contributed by atoms with Crippen molar-refractivity contribution >= 4 is 16.1 Å². The highest BCUT2D eigenvalue weighted by atomic mass is 32.2. The van der Waals surface area contributed by atoms with E-state index in [4.69, 9.17) is 0 Å². The van der Waals surface area contributed by atoms with Gasteiger partial charge in [-0.05, 0) is 32.6 Å². The monoisotopic (exact) mass is 437 g/mol. The Balaban J connectivity index is 1.94. The summed E-state index contributed by atoms with van der Waals surface area (Å²) in [6.45, 7) is 6.74. The van der Waals surface area contributed by atoms with E-state index < -0.39 is 16.3 Å². The maximum atomic E-state index is 13.3. The number of nitrogens with zero attached hydrogens (tertiary/aromatic N) is 4. The Morgan fingerprint density at radius 2 is 1.80 bits per heavy atom. The molecule has 2 aliphatic rings. The molecule has 1 saturated heterocycles. The van der Waals surface area contributed by atoms with E-state index in [0.29, 0.717) is 43.1 Å². The molecule has 1 saturated carbocycles. The van der Waals surface area contributed by atoms with Crippen LogP contribution < -0.4 is 5.32 Å². The molecule has 1 amide bonds. The lowest BCUT2D eigenvalue weighted by molar-refractivity contribution is 0.0922. The van der Waals surface area contributed by atoms with Gasteiger partial charge in [0.1, 0.15) is 5.82 Å². The lowest BCUT2D eigenvalue weighted by Gasteiger charge is -2.37. The summed E-state index contributed by atoms with van der Waals surface area (Å²) in [4.78, 5) is 22.0. The Labute approximate surface area is 180 Å². The average Bonchev–Trinajstić information content (AvgIpc) is 2.75. The molecule has 1 atom stereocenters. The molecule has 1 aliphatic heterocycles. The molecule has 0 radical (unpaired) electrons. The third-order valence-electron chi connectivity index (χ3n) is 6.22. The SMILES string of the molecule is CCN(CC)S(=O)(=O)N1CCCC[C@@H]1c1nc(C)ncc1C(=O)NC1CCCCC1. The van der Waals surface area contributed by atoms with Crippen molar-refractivity contribution in [2.75, 3.05) is 19.6 Å². The number of rotatable bonds is 7. The average molecular weight is 438 g/mol. The highest BCUT2D eigenvalue weighted by Gasteiger charge is 2.39. The van der Waals surface area contributed by atoms with Gasteiger partial charge in [-0.25, -0.2) is 9.97 Å². The van der Waals surface area contributed by atoms with Gasteiger partial charge in [0.2, 0.25) is 0 Å². The fourth-order valence-electron chi connectivity index (χ4n) is 4.58. The Morgan fingerprint density at radius 1 is 1.13 bits per heavy atom. The summed E-state index contributed by atoms with van der Waals surface area (Å²) in [6, 6.07) is -0.277. The number of carbonyl (C=O) groups excluding carboxylic acids is 1. The van der Waals surface area contributed by atoms with Crippen LogP contribution in [0.1, 0.15) is 93.1 Å². The number of hydrogen-bond donors (Lipinski definition) is 1. The number of aryl methyl sites for hydroxylation is 1. The Bertz CT molecular complexity index is 835. The van der Waals surface area contributed by atoms with Crippen molar-refractivity contribution in [1.29, 1.82) is 0 Å². The number of amides is 1. The van der Waals surface area contributed by atoms with Crippen molar-refractivity contribution in [3.05, 3.63) is 23.3 Å². The highest BCUT2D eigenvalue weighted by molar-refractivity contribution is 7.86. The lowest BCUT2D eigenvalue weighted by Crippen LogP contribution is -2.48. The third kappa shape index (κ3) is 5.00. The van der Waals surface area contributed by atoms with E-state index in [2.05, 4.69) is 15.3 Å². The highest BCUT2D eigenvalue weighted by Crippen LogP contribution is 2.35. The van der Waals surface area contributed by atoms with Gasteiger partial charge in [-0.2, -0.15) is 17.0 Å². The fraction of sp³-hybridized carbons (Fsp3) is 0.762. The van der Waals surface area contributed by atoms with Crippen LogP contribution in [-0.2, 0) is 10.2 Å². The molecule has 168 valence electrons. The number of hydrogen-bond acceptors (Lipinski definition) is 5. The van der Waals surface area contributed by atoms with Gasteiger partial charge in [0.05, 0.1) is 17.3 Å². The number of nitrogens with one attached hydrogen (secondary N) is 1. The molecule has 1 aliphatic carbocycles. The van der Waals surface area contributed by atoms with Crippen molar-refractivity contribution in [3.8, 4) is 0 Å². The van der Waals surface area contributed by atoms with E-state index in [1.54, 1.807) is 17.4 Å². The largest absolute Gasteiger partial charge is 0.349 e. The van der Waals surface area contributed by atoms with Crippen molar-refractivity contribution < 1.29 is 13.2 Å². The number of carbonyl (C=O) groups is 1. The van der Waals surface area contributed by atoms with Crippen LogP contribution >= 0.6 is 0 Å². The quantitative estimate of drug-likeness (QED) is 0.707. The molecular formula is C21H35N5O3S. The van der Waals surface area contributed by atoms with Crippen LogP contribution in [0, 0.1) is 6.92 Å². The second-order valence-corrected chi connectivity index (χ2v) is 10.1. The summed E-state index contributed by atoms with van der Waals surface area (Å²) in [5.74, 6) is 0.354. The summed E-state index contributed by atoms with van der Waals surface area (Å²) in [5.41, 5.74) is 0.934. The summed E-state index contributed by atoms with van der Waals surface area (Å²) >= 11 is 0. The topological polar surface area (TPSA) is 95.5 Å². The van der Waals surface area contributed by atoms with Crippen LogP contribution in [0.2, 0.25) is 0 Å². The van der Waals surface area contributed by atoms with Gasteiger partial charge in [-0.15, -0.1) is 0 Å². The molecule has 0 spiro atoms. The number of aromatic nitrogens is 2. The van der Waals surface area contributed by atoms with Gasteiger partial charge >= 0.3 is 0 Å². The molecule has 3 rings (SSSR count). The predicted octanol–water partition coefficient (Wildman–Crippen LogP) is 2.96. The molecule has 1 aromatic rings. The first kappa shape index (κ1) is 23.1. The molecule has 2 heterocycles. The summed E-state index contributed by atoms with van der Waals surface area (Å²) < 4.78 is 29.7. The van der Waals surface area contributed by atoms with Crippen molar-refractivity contribution in [1.82, 2.24) is 23.9 Å². The van der Waals surface area contributed by atoms with Crippen LogP contribution in [-0.4, -0.2) is 58.6 Å². The standard InChI is InChI=1S/C21H35N5O3S/c1-4-25(5-2)30(28,29)26-14-10-9-13-19(26)20-18(15-22-16(3)23-20)21(27)24-17-11-7-6-8-12-17/h15,17,19H,4-14H2,1-3H3,(H,24,27)/t19-/m1/s1. The van der Waals surface area contributed by atoms with Crippen LogP contribution in [0.15, 0.2) is 6.20 Å². The van der Waals surface area contributed by atoms with Crippen molar-refractivity contribution in [2.45, 2.75) is 84.2 Å². The Hall–Kier alpha value is -1.58. The van der Waals surface area contributed by atoms with Gasteiger partial charge in [-0.3, -0.25) is 4.79 Å². The van der Waals surface area contributed by atoms with Gasteiger partial charge in [0, 0.05) is 31.9 Å². The van der Waals surface area contributed by atoms with E-state index in [-0.39, 0.29) is 11.9 Å². The predicted molar refractivity (Wildman–Crippen MR) is 116 cm³/mol. The fourth-order valence-corrected chi connectivity index (χ4v) is 6.42. The summed E-state index contributed by atoms with van der Waals surface area (Å²) in [7, 11) is -3.63. The second-order valence-electron chi connectivity index (χ2n) is 8.24. The van der Waals surface area contributed by atoms with E-state index in [1.807, 2.05) is 13.8 Å². The molecular weight excluding hydrogens is 402 g/mol. The van der Waals surface area contributed by atoms with E-state index in [9.17, 15) is 13.2 Å². The lowest BCUT2D eigenvalue weighted by atomic mass is 9.94. The molecule has 1 N–H and O–H groups in total. The van der Waals surface area contributed by atoms with Gasteiger partial charge < -0.3 is 5.32 Å². The maximum Gasteiger partial charge on any atom is 0.282 e. The van der Waals surface area contributed by atoms with Crippen molar-refractivity contribution in [2.24, 2.45) is 0 Å². The van der Waals surface area contributed by atoms with E-state index in [0.717, 1.165) is 38.5 Å². The molecule has 2 fully saturated rings. The van der Waals surface area contributed by atoms with Gasteiger partial charge in [0.15, 0.2) is 0 Å². The minimum atomic E-state index is -3.63. The first-order chi connectivity index (χ1) is 14.4. The molecule has 0 bridgehead atoms.